The summed E-state index contributed by atoms with van der Waals surface area (Å²) in [5, 5.41) is 0. The maximum absolute atomic E-state index is 12.3. The number of amides is 1. The molecule has 0 aromatic carbocycles. The first kappa shape index (κ1) is 15.7. The lowest BCUT2D eigenvalue weighted by atomic mass is 10.2. The molecular weight excluding hydrogens is 318 g/mol. The Balaban J connectivity index is 1.38. The highest BCUT2D eigenvalue weighted by atomic mass is 16.3. The fourth-order valence-electron chi connectivity index (χ4n) is 3.36. The maximum Gasteiger partial charge on any atom is 0.246 e. The number of rotatable bonds is 3. The molecule has 0 spiro atoms. The van der Waals surface area contributed by atoms with Crippen molar-refractivity contribution in [2.45, 2.75) is 19.3 Å². The zero-order valence-corrected chi connectivity index (χ0v) is 14.0. The minimum absolute atomic E-state index is 0.00948. The number of nitrogens with two attached hydrogens (primary N) is 1. The molecule has 0 bridgehead atoms. The summed E-state index contributed by atoms with van der Waals surface area (Å²) in [4.78, 5) is 25.4. The summed E-state index contributed by atoms with van der Waals surface area (Å²) >= 11 is 0. The van der Waals surface area contributed by atoms with Crippen molar-refractivity contribution in [1.29, 1.82) is 0 Å². The van der Waals surface area contributed by atoms with E-state index in [-0.39, 0.29) is 5.91 Å². The van der Waals surface area contributed by atoms with Crippen LogP contribution >= 0.6 is 0 Å². The fraction of sp³-hybridized carbons (Fsp3) is 0.389. The lowest BCUT2D eigenvalue weighted by molar-refractivity contribution is -0.126. The second-order valence-electron chi connectivity index (χ2n) is 6.39. The van der Waals surface area contributed by atoms with Gasteiger partial charge in [0, 0.05) is 43.4 Å². The van der Waals surface area contributed by atoms with Crippen LogP contribution in [0.3, 0.4) is 0 Å². The third-order valence-corrected chi connectivity index (χ3v) is 4.79. The highest BCUT2D eigenvalue weighted by Crippen LogP contribution is 2.26. The minimum atomic E-state index is 0.00948. The summed E-state index contributed by atoms with van der Waals surface area (Å²) < 4.78 is 4.99. The van der Waals surface area contributed by atoms with Crippen molar-refractivity contribution in [3.8, 4) is 0 Å². The highest BCUT2D eigenvalue weighted by molar-refractivity contribution is 5.91. The standard InChI is InChI=1S/C18H21N5O2/c19-17-14-2-1-3-15(14)20-18(21-17)23-9-7-22(8-10-23)16(24)5-4-13-6-11-25-12-13/h4-6,11-12H,1-3,7-10H2,(H2,19,20,21)/b5-4+. The van der Waals surface area contributed by atoms with Crippen LogP contribution in [0, 0.1) is 0 Å². The molecule has 0 unspecified atom stereocenters. The third kappa shape index (κ3) is 3.22. The zero-order valence-electron chi connectivity index (χ0n) is 14.0. The second kappa shape index (κ2) is 6.58. The van der Waals surface area contributed by atoms with E-state index in [1.165, 1.54) is 0 Å². The first-order valence-electron chi connectivity index (χ1n) is 8.60. The van der Waals surface area contributed by atoms with Crippen LogP contribution < -0.4 is 10.6 Å². The third-order valence-electron chi connectivity index (χ3n) is 4.79. The number of furan rings is 1. The van der Waals surface area contributed by atoms with Crippen LogP contribution in [0.2, 0.25) is 0 Å². The van der Waals surface area contributed by atoms with Crippen LogP contribution in [0.4, 0.5) is 11.8 Å². The largest absolute Gasteiger partial charge is 0.472 e. The molecule has 1 saturated heterocycles. The first-order chi connectivity index (χ1) is 12.2. The molecule has 1 amide bonds. The van der Waals surface area contributed by atoms with Crippen LogP contribution in [0.5, 0.6) is 0 Å². The van der Waals surface area contributed by atoms with Gasteiger partial charge in [-0.05, 0) is 31.4 Å². The SMILES string of the molecule is Nc1nc(N2CCN(C(=O)/C=C/c3ccoc3)CC2)nc2c1CCC2. The number of hydrogen-bond acceptors (Lipinski definition) is 6. The predicted octanol–water partition coefficient (Wildman–Crippen LogP) is 1.50. The van der Waals surface area contributed by atoms with Gasteiger partial charge >= 0.3 is 0 Å². The average Bonchev–Trinajstić information content (AvgIpc) is 3.31. The summed E-state index contributed by atoms with van der Waals surface area (Å²) in [5.41, 5.74) is 9.17. The molecule has 130 valence electrons. The predicted molar refractivity (Wildman–Crippen MR) is 95.0 cm³/mol. The van der Waals surface area contributed by atoms with Gasteiger partial charge in [-0.25, -0.2) is 4.98 Å². The van der Waals surface area contributed by atoms with Crippen LogP contribution in [0.15, 0.2) is 29.1 Å². The zero-order chi connectivity index (χ0) is 17.2. The average molecular weight is 339 g/mol. The molecule has 0 radical (unpaired) electrons. The van der Waals surface area contributed by atoms with Gasteiger partial charge in [0.2, 0.25) is 11.9 Å². The molecule has 0 atom stereocenters. The molecule has 1 aliphatic carbocycles. The number of nitrogen functional groups attached to an aromatic ring is 1. The van der Waals surface area contributed by atoms with Crippen molar-refractivity contribution in [1.82, 2.24) is 14.9 Å². The number of aryl methyl sites for hydroxylation is 1. The number of carbonyl (C=O) groups excluding carboxylic acids is 1. The van der Waals surface area contributed by atoms with Gasteiger partial charge in [-0.2, -0.15) is 4.98 Å². The highest BCUT2D eigenvalue weighted by Gasteiger charge is 2.24. The van der Waals surface area contributed by atoms with Crippen molar-refractivity contribution < 1.29 is 9.21 Å². The van der Waals surface area contributed by atoms with E-state index in [0.29, 0.717) is 37.9 Å². The minimum Gasteiger partial charge on any atom is -0.472 e. The molecule has 2 aromatic heterocycles. The molecule has 1 aliphatic heterocycles. The van der Waals surface area contributed by atoms with Gasteiger partial charge in [-0.3, -0.25) is 4.79 Å². The monoisotopic (exact) mass is 339 g/mol. The second-order valence-corrected chi connectivity index (χ2v) is 6.39. The Morgan fingerprint density at radius 1 is 1.20 bits per heavy atom. The molecule has 0 saturated carbocycles. The Hall–Kier alpha value is -2.83. The Morgan fingerprint density at radius 3 is 2.80 bits per heavy atom. The Labute approximate surface area is 146 Å². The summed E-state index contributed by atoms with van der Waals surface area (Å²) in [5.74, 6) is 1.31. The van der Waals surface area contributed by atoms with Gasteiger partial charge < -0.3 is 20.0 Å². The molecule has 7 heteroatoms. The Kier molecular flexibility index (Phi) is 4.13. The Bertz CT molecular complexity index is 792. The van der Waals surface area contributed by atoms with Gasteiger partial charge in [0.15, 0.2) is 0 Å². The van der Waals surface area contributed by atoms with E-state index in [9.17, 15) is 4.79 Å². The lowest BCUT2D eigenvalue weighted by Crippen LogP contribution is -2.49. The summed E-state index contributed by atoms with van der Waals surface area (Å²) in [7, 11) is 0. The molecule has 3 heterocycles. The van der Waals surface area contributed by atoms with E-state index in [1.54, 1.807) is 24.7 Å². The van der Waals surface area contributed by atoms with Crippen molar-refractivity contribution in [3.05, 3.63) is 41.5 Å². The number of anilines is 2. The van der Waals surface area contributed by atoms with Gasteiger partial charge in [0.25, 0.3) is 0 Å². The molecule has 1 fully saturated rings. The Morgan fingerprint density at radius 2 is 2.04 bits per heavy atom. The summed E-state index contributed by atoms with van der Waals surface area (Å²) in [6.45, 7) is 2.72. The van der Waals surface area contributed by atoms with Crippen LogP contribution in [0.25, 0.3) is 6.08 Å². The van der Waals surface area contributed by atoms with Crippen molar-refractivity contribution in [2.24, 2.45) is 0 Å². The normalized spacial score (nSPS) is 17.3. The molecule has 25 heavy (non-hydrogen) atoms. The van der Waals surface area contributed by atoms with Gasteiger partial charge in [-0.15, -0.1) is 0 Å². The molecule has 7 nitrogen and oxygen atoms in total. The molecule has 2 aromatic rings. The number of piperazine rings is 1. The quantitative estimate of drug-likeness (QED) is 0.853. The van der Waals surface area contributed by atoms with Gasteiger partial charge in [0.05, 0.1) is 18.2 Å². The topological polar surface area (TPSA) is 88.5 Å². The number of nitrogens with zero attached hydrogens (tertiary/aromatic N) is 4. The summed E-state index contributed by atoms with van der Waals surface area (Å²) in [6.07, 6.45) is 9.61. The van der Waals surface area contributed by atoms with E-state index in [4.69, 9.17) is 10.2 Å². The van der Waals surface area contributed by atoms with Crippen molar-refractivity contribution in [3.63, 3.8) is 0 Å². The molecular formula is C18H21N5O2. The first-order valence-corrected chi connectivity index (χ1v) is 8.60. The van der Waals surface area contributed by atoms with Crippen LogP contribution in [0.1, 0.15) is 23.2 Å². The molecule has 4 rings (SSSR count). The van der Waals surface area contributed by atoms with E-state index >= 15 is 0 Å². The number of aromatic nitrogens is 2. The molecule has 2 N–H and O–H groups in total. The van der Waals surface area contributed by atoms with Crippen molar-refractivity contribution >= 4 is 23.7 Å². The van der Waals surface area contributed by atoms with E-state index < -0.39 is 0 Å². The molecule has 2 aliphatic rings. The van der Waals surface area contributed by atoms with Gasteiger partial charge in [0.1, 0.15) is 5.82 Å². The lowest BCUT2D eigenvalue weighted by Gasteiger charge is -2.34. The number of fused-ring (bicyclic) bond motifs is 1. The summed E-state index contributed by atoms with van der Waals surface area (Å²) in [6, 6.07) is 1.82. The van der Waals surface area contributed by atoms with E-state index in [0.717, 1.165) is 36.1 Å². The smallest absolute Gasteiger partial charge is 0.246 e. The maximum atomic E-state index is 12.3. The van der Waals surface area contributed by atoms with Crippen molar-refractivity contribution in [2.75, 3.05) is 36.8 Å². The van der Waals surface area contributed by atoms with Crippen LogP contribution in [-0.2, 0) is 17.6 Å². The fourth-order valence-corrected chi connectivity index (χ4v) is 3.36. The van der Waals surface area contributed by atoms with Crippen LogP contribution in [-0.4, -0.2) is 47.0 Å². The van der Waals surface area contributed by atoms with Gasteiger partial charge in [-0.1, -0.05) is 0 Å². The van der Waals surface area contributed by atoms with E-state index in [1.807, 2.05) is 11.0 Å². The number of carbonyl (C=O) groups is 1. The van der Waals surface area contributed by atoms with E-state index in [2.05, 4.69) is 14.9 Å². The number of hydrogen-bond donors (Lipinski definition) is 1.